The first-order chi connectivity index (χ1) is 18.9. The third kappa shape index (κ3) is 7.31. The van der Waals surface area contributed by atoms with Crippen LogP contribution < -0.4 is 0 Å². The van der Waals surface area contributed by atoms with Gasteiger partial charge in [0, 0.05) is 5.56 Å². The van der Waals surface area contributed by atoms with Crippen molar-refractivity contribution in [1.82, 2.24) is 0 Å². The highest BCUT2D eigenvalue weighted by atomic mass is 35.6. The maximum Gasteiger partial charge on any atom is 0.265 e. The van der Waals surface area contributed by atoms with Crippen molar-refractivity contribution in [3.05, 3.63) is 108 Å². The number of halogens is 3. The molecule has 1 N–H and O–H groups in total. The van der Waals surface area contributed by atoms with E-state index in [0.717, 1.165) is 16.7 Å². The highest BCUT2D eigenvalue weighted by Gasteiger charge is 2.53. The molecule has 10 heteroatoms. The van der Waals surface area contributed by atoms with Gasteiger partial charge < -0.3 is 28.4 Å². The van der Waals surface area contributed by atoms with Crippen LogP contribution in [-0.4, -0.2) is 47.0 Å². The van der Waals surface area contributed by atoms with Crippen molar-refractivity contribution in [1.29, 1.82) is 5.41 Å². The molecule has 0 spiro atoms. The summed E-state index contributed by atoms with van der Waals surface area (Å²) in [6.07, 6.45) is -4.41. The van der Waals surface area contributed by atoms with Crippen LogP contribution in [0.3, 0.4) is 0 Å². The van der Waals surface area contributed by atoms with Gasteiger partial charge in [0.1, 0.15) is 24.4 Å². The lowest BCUT2D eigenvalue weighted by molar-refractivity contribution is -0.363. The van der Waals surface area contributed by atoms with Crippen molar-refractivity contribution in [2.75, 3.05) is 6.61 Å². The van der Waals surface area contributed by atoms with E-state index in [1.165, 1.54) is 0 Å². The molecule has 206 valence electrons. The van der Waals surface area contributed by atoms with Crippen molar-refractivity contribution in [2.45, 2.75) is 54.0 Å². The number of nitrogens with one attached hydrogen (secondary N) is 1. The zero-order valence-corrected chi connectivity index (χ0v) is 23.1. The summed E-state index contributed by atoms with van der Waals surface area (Å²) >= 11 is 17.8. The molecule has 2 saturated heterocycles. The zero-order valence-electron chi connectivity index (χ0n) is 20.8. The van der Waals surface area contributed by atoms with Crippen LogP contribution in [-0.2, 0) is 41.6 Å². The van der Waals surface area contributed by atoms with Gasteiger partial charge in [0.05, 0.1) is 19.8 Å². The van der Waals surface area contributed by atoms with Crippen molar-refractivity contribution in [3.63, 3.8) is 0 Å². The molecular weight excluding hydrogens is 565 g/mol. The molecule has 0 saturated carbocycles. The summed E-state index contributed by atoms with van der Waals surface area (Å²) in [4.78, 5) is 0. The van der Waals surface area contributed by atoms with E-state index in [9.17, 15) is 0 Å². The monoisotopic (exact) mass is 591 g/mol. The molecule has 39 heavy (non-hydrogen) atoms. The molecule has 5 rings (SSSR count). The second kappa shape index (κ2) is 13.0. The van der Waals surface area contributed by atoms with E-state index >= 15 is 0 Å². The van der Waals surface area contributed by atoms with Crippen LogP contribution in [0.4, 0.5) is 0 Å². The maximum absolute atomic E-state index is 8.18. The number of fused-ring (bicyclic) bond motifs is 1. The molecule has 3 aromatic rings. The molecule has 0 aromatic heterocycles. The van der Waals surface area contributed by atoms with E-state index in [1.807, 2.05) is 91.0 Å². The molecule has 0 amide bonds. The summed E-state index contributed by atoms with van der Waals surface area (Å²) in [7, 11) is 0. The fourth-order valence-electron chi connectivity index (χ4n) is 4.50. The van der Waals surface area contributed by atoms with Crippen LogP contribution >= 0.6 is 34.8 Å². The summed E-state index contributed by atoms with van der Waals surface area (Å²) in [6.45, 7) is 0.716. The predicted octanol–water partition coefficient (Wildman–Crippen LogP) is 6.36. The van der Waals surface area contributed by atoms with Crippen LogP contribution in [0.2, 0.25) is 0 Å². The minimum absolute atomic E-state index is 0.196. The second-order valence-electron chi connectivity index (χ2n) is 9.19. The molecular formula is C29H28Cl3NO6. The lowest BCUT2D eigenvalue weighted by Crippen LogP contribution is -2.64. The molecule has 2 aliphatic heterocycles. The number of rotatable bonds is 8. The number of hydrogen-bond acceptors (Lipinski definition) is 7. The Morgan fingerprint density at radius 3 is 1.87 bits per heavy atom. The molecule has 6 atom stereocenters. The van der Waals surface area contributed by atoms with Gasteiger partial charge in [0.25, 0.3) is 3.79 Å². The average molecular weight is 593 g/mol. The van der Waals surface area contributed by atoms with E-state index in [2.05, 4.69) is 0 Å². The van der Waals surface area contributed by atoms with E-state index in [4.69, 9.17) is 68.6 Å². The van der Waals surface area contributed by atoms with Gasteiger partial charge in [-0.25, -0.2) is 0 Å². The highest BCUT2D eigenvalue weighted by molar-refractivity contribution is 6.76. The van der Waals surface area contributed by atoms with Crippen LogP contribution in [0.1, 0.15) is 23.0 Å². The Hall–Kier alpha value is -2.20. The van der Waals surface area contributed by atoms with E-state index < -0.39 is 46.7 Å². The van der Waals surface area contributed by atoms with Gasteiger partial charge in [-0.15, -0.1) is 0 Å². The number of benzene rings is 3. The predicted molar refractivity (Wildman–Crippen MR) is 148 cm³/mol. The Balaban J connectivity index is 1.44. The minimum atomic E-state index is -2.08. The van der Waals surface area contributed by atoms with E-state index in [1.54, 1.807) is 0 Å². The van der Waals surface area contributed by atoms with Gasteiger partial charge in [0.2, 0.25) is 12.2 Å². The van der Waals surface area contributed by atoms with Crippen LogP contribution in [0.5, 0.6) is 0 Å². The van der Waals surface area contributed by atoms with Crippen molar-refractivity contribution >= 4 is 40.7 Å². The SMILES string of the molecule is N=C(O[C@H]1O[C@@H]2COC(c3ccccc3)O[C@H]2[C@H](OCc2ccccc2)[C@H]1OCc1ccccc1)C(Cl)(Cl)Cl. The lowest BCUT2D eigenvalue weighted by atomic mass is 9.97. The molecule has 3 aromatic carbocycles. The lowest BCUT2D eigenvalue weighted by Gasteiger charge is -2.48. The second-order valence-corrected chi connectivity index (χ2v) is 11.5. The Kier molecular flexibility index (Phi) is 9.43. The zero-order chi connectivity index (χ0) is 27.2. The first kappa shape index (κ1) is 28.3. The van der Waals surface area contributed by atoms with Gasteiger partial charge in [0.15, 0.2) is 6.29 Å². The molecule has 2 aliphatic rings. The normalized spacial score (nSPS) is 26.9. The number of ether oxygens (including phenoxy) is 6. The van der Waals surface area contributed by atoms with Gasteiger partial charge in [-0.2, -0.15) is 0 Å². The third-order valence-electron chi connectivity index (χ3n) is 6.42. The fourth-order valence-corrected chi connectivity index (χ4v) is 4.64. The van der Waals surface area contributed by atoms with Gasteiger partial charge in [-0.05, 0) is 11.1 Å². The van der Waals surface area contributed by atoms with Gasteiger partial charge in [-0.1, -0.05) is 126 Å². The van der Waals surface area contributed by atoms with Crippen LogP contribution in [0, 0.1) is 5.41 Å². The Morgan fingerprint density at radius 1 is 0.769 bits per heavy atom. The molecule has 2 heterocycles. The highest BCUT2D eigenvalue weighted by Crippen LogP contribution is 2.38. The summed E-state index contributed by atoms with van der Waals surface area (Å²) in [6, 6.07) is 29.1. The largest absolute Gasteiger partial charge is 0.445 e. The van der Waals surface area contributed by atoms with Crippen LogP contribution in [0.15, 0.2) is 91.0 Å². The number of alkyl halides is 3. The standard InChI is InChI=1S/C29H28Cl3NO6/c30-29(31,32)28(33)39-27-25(35-17-20-12-6-2-7-13-20)24(34-16-19-10-4-1-5-11-19)23-22(37-27)18-36-26(38-23)21-14-8-3-9-15-21/h1-15,22-27,33H,16-18H2/t22-,23-,24+,25-,26?,27-/m1/s1. The van der Waals surface area contributed by atoms with Gasteiger partial charge in [-0.3, -0.25) is 5.41 Å². The molecule has 0 bridgehead atoms. The minimum Gasteiger partial charge on any atom is -0.445 e. The first-order valence-electron chi connectivity index (χ1n) is 12.5. The van der Waals surface area contributed by atoms with Crippen LogP contribution in [0.25, 0.3) is 0 Å². The Labute approximate surface area is 242 Å². The average Bonchev–Trinajstić information content (AvgIpc) is 2.96. The Morgan fingerprint density at radius 2 is 1.31 bits per heavy atom. The summed E-state index contributed by atoms with van der Waals surface area (Å²) in [5, 5.41) is 8.18. The molecule has 2 fully saturated rings. The summed E-state index contributed by atoms with van der Waals surface area (Å²) in [5.74, 6) is -0.592. The van der Waals surface area contributed by atoms with Crippen molar-refractivity contribution < 1.29 is 28.4 Å². The molecule has 0 aliphatic carbocycles. The quantitative estimate of drug-likeness (QED) is 0.186. The number of hydrogen-bond donors (Lipinski definition) is 1. The molecule has 0 radical (unpaired) electrons. The summed E-state index contributed by atoms with van der Waals surface area (Å²) < 4.78 is 35.2. The molecule has 1 unspecified atom stereocenters. The fraction of sp³-hybridized carbons (Fsp3) is 0.345. The van der Waals surface area contributed by atoms with E-state index in [0.29, 0.717) is 0 Å². The maximum atomic E-state index is 8.18. The smallest absolute Gasteiger partial charge is 0.265 e. The van der Waals surface area contributed by atoms with E-state index in [-0.39, 0.29) is 19.8 Å². The molecule has 7 nitrogen and oxygen atoms in total. The van der Waals surface area contributed by atoms with Crippen molar-refractivity contribution in [2.24, 2.45) is 0 Å². The Bertz CT molecular complexity index is 1200. The topological polar surface area (TPSA) is 79.2 Å². The van der Waals surface area contributed by atoms with Gasteiger partial charge >= 0.3 is 0 Å². The third-order valence-corrected chi connectivity index (χ3v) is 6.93. The first-order valence-corrected chi connectivity index (χ1v) is 13.6. The summed E-state index contributed by atoms with van der Waals surface area (Å²) in [5.41, 5.74) is 2.78. The van der Waals surface area contributed by atoms with Crippen molar-refractivity contribution in [3.8, 4) is 0 Å².